The topological polar surface area (TPSA) is 58.2 Å². The summed E-state index contributed by atoms with van der Waals surface area (Å²) in [6, 6.07) is 34.2. The number of para-hydroxylation sites is 1. The van der Waals surface area contributed by atoms with Gasteiger partial charge in [0.05, 0.1) is 0 Å². The first-order valence-corrected chi connectivity index (χ1v) is 11.4. The van der Waals surface area contributed by atoms with E-state index < -0.39 is 6.04 Å². The van der Waals surface area contributed by atoms with E-state index in [9.17, 15) is 9.59 Å². The normalized spacial score (nSPS) is 11.4. The van der Waals surface area contributed by atoms with Crippen molar-refractivity contribution in [2.75, 3.05) is 5.32 Å². The number of carbonyl (C=O) groups is 2. The van der Waals surface area contributed by atoms with Gasteiger partial charge in [0.1, 0.15) is 6.04 Å². The van der Waals surface area contributed by atoms with E-state index in [2.05, 4.69) is 22.8 Å². The number of amides is 2. The molecule has 2 amide bonds. The molecule has 2 N–H and O–H groups in total. The molecular weight excluding hydrogens is 420 g/mol. The molecular formula is C30H28N2O2. The molecule has 4 aromatic carbocycles. The molecule has 4 nitrogen and oxygen atoms in total. The Morgan fingerprint density at radius 2 is 1.29 bits per heavy atom. The van der Waals surface area contributed by atoms with Crippen molar-refractivity contribution in [2.45, 2.75) is 25.8 Å². The molecule has 0 aliphatic heterocycles. The van der Waals surface area contributed by atoms with E-state index in [1.807, 2.05) is 91.9 Å². The number of anilines is 1. The second-order valence-corrected chi connectivity index (χ2v) is 8.39. The Bertz CT molecular complexity index is 1240. The molecule has 0 aliphatic carbocycles. The van der Waals surface area contributed by atoms with E-state index in [1.165, 1.54) is 0 Å². The van der Waals surface area contributed by atoms with Crippen molar-refractivity contribution in [3.05, 3.63) is 137 Å². The van der Waals surface area contributed by atoms with Gasteiger partial charge in [-0.1, -0.05) is 96.6 Å². The highest BCUT2D eigenvalue weighted by Crippen LogP contribution is 2.20. The van der Waals surface area contributed by atoms with Crippen LogP contribution in [0.2, 0.25) is 0 Å². The zero-order valence-electron chi connectivity index (χ0n) is 19.2. The van der Waals surface area contributed by atoms with Crippen LogP contribution in [0.5, 0.6) is 0 Å². The highest BCUT2D eigenvalue weighted by Gasteiger charge is 2.23. The number of rotatable bonds is 8. The summed E-state index contributed by atoms with van der Waals surface area (Å²) >= 11 is 0. The van der Waals surface area contributed by atoms with Gasteiger partial charge in [0.15, 0.2) is 0 Å². The average molecular weight is 449 g/mol. The van der Waals surface area contributed by atoms with Gasteiger partial charge in [-0.05, 0) is 48.2 Å². The Morgan fingerprint density at radius 1 is 0.706 bits per heavy atom. The fourth-order valence-corrected chi connectivity index (χ4v) is 3.84. The summed E-state index contributed by atoms with van der Waals surface area (Å²) < 4.78 is 0. The van der Waals surface area contributed by atoms with Gasteiger partial charge in [0.2, 0.25) is 5.91 Å². The lowest BCUT2D eigenvalue weighted by Gasteiger charge is -2.20. The molecule has 4 aromatic rings. The molecule has 0 heterocycles. The van der Waals surface area contributed by atoms with Crippen LogP contribution >= 0.6 is 0 Å². The average Bonchev–Trinajstić information content (AvgIpc) is 2.86. The van der Waals surface area contributed by atoms with Crippen LogP contribution in [0.3, 0.4) is 0 Å². The Kier molecular flexibility index (Phi) is 7.51. The predicted octanol–water partition coefficient (Wildman–Crippen LogP) is 5.57. The van der Waals surface area contributed by atoms with E-state index in [0.29, 0.717) is 18.4 Å². The lowest BCUT2D eigenvalue weighted by molar-refractivity contribution is -0.118. The van der Waals surface area contributed by atoms with Gasteiger partial charge in [-0.2, -0.15) is 0 Å². The first-order valence-electron chi connectivity index (χ1n) is 11.4. The molecule has 1 atom stereocenters. The van der Waals surface area contributed by atoms with Gasteiger partial charge in [-0.3, -0.25) is 9.59 Å². The Labute approximate surface area is 200 Å². The van der Waals surface area contributed by atoms with Gasteiger partial charge in [-0.25, -0.2) is 0 Å². The lowest BCUT2D eigenvalue weighted by atomic mass is 10.0. The molecule has 0 fully saturated rings. The van der Waals surface area contributed by atoms with E-state index in [-0.39, 0.29) is 11.8 Å². The third kappa shape index (κ3) is 6.20. The standard InChI is InChI=1S/C30H28N2O2/c1-22-16-18-25(19-17-22)29(33)32-28(21-24-12-6-3-7-13-24)30(34)31-27-15-9-8-14-26(27)20-23-10-4-2-5-11-23/h2-19,28H,20-21H2,1H3,(H,31,34)(H,32,33). The summed E-state index contributed by atoms with van der Waals surface area (Å²) in [7, 11) is 0. The summed E-state index contributed by atoms with van der Waals surface area (Å²) in [5.41, 5.74) is 5.51. The summed E-state index contributed by atoms with van der Waals surface area (Å²) in [6.45, 7) is 1.97. The van der Waals surface area contributed by atoms with Crippen molar-refractivity contribution in [2.24, 2.45) is 0 Å². The summed E-state index contributed by atoms with van der Waals surface area (Å²) in [5.74, 6) is -0.515. The number of aryl methyl sites for hydroxylation is 1. The van der Waals surface area contributed by atoms with Crippen LogP contribution in [0.15, 0.2) is 109 Å². The first-order chi connectivity index (χ1) is 16.6. The smallest absolute Gasteiger partial charge is 0.251 e. The van der Waals surface area contributed by atoms with Crippen molar-refractivity contribution in [3.63, 3.8) is 0 Å². The summed E-state index contributed by atoms with van der Waals surface area (Å²) in [4.78, 5) is 26.3. The maximum Gasteiger partial charge on any atom is 0.251 e. The number of hydrogen-bond acceptors (Lipinski definition) is 2. The van der Waals surface area contributed by atoms with E-state index in [0.717, 1.165) is 27.9 Å². The number of benzene rings is 4. The molecule has 0 aliphatic rings. The Hall–Kier alpha value is -4.18. The number of hydrogen-bond donors (Lipinski definition) is 2. The Morgan fingerprint density at radius 3 is 1.97 bits per heavy atom. The van der Waals surface area contributed by atoms with Crippen LogP contribution in [0.25, 0.3) is 0 Å². The van der Waals surface area contributed by atoms with Crippen LogP contribution < -0.4 is 10.6 Å². The lowest BCUT2D eigenvalue weighted by Crippen LogP contribution is -2.45. The van der Waals surface area contributed by atoms with Crippen molar-refractivity contribution >= 4 is 17.5 Å². The van der Waals surface area contributed by atoms with Crippen LogP contribution in [-0.2, 0) is 17.6 Å². The van der Waals surface area contributed by atoms with Crippen LogP contribution in [0, 0.1) is 6.92 Å². The minimum absolute atomic E-state index is 0.246. The fraction of sp³-hybridized carbons (Fsp3) is 0.133. The zero-order valence-corrected chi connectivity index (χ0v) is 19.2. The maximum atomic E-state index is 13.4. The molecule has 4 heteroatoms. The van der Waals surface area contributed by atoms with Gasteiger partial charge >= 0.3 is 0 Å². The fourth-order valence-electron chi connectivity index (χ4n) is 3.84. The molecule has 0 bridgehead atoms. The third-order valence-corrected chi connectivity index (χ3v) is 5.73. The molecule has 0 radical (unpaired) electrons. The van der Waals surface area contributed by atoms with E-state index >= 15 is 0 Å². The third-order valence-electron chi connectivity index (χ3n) is 5.73. The van der Waals surface area contributed by atoms with Crippen LogP contribution in [-0.4, -0.2) is 17.9 Å². The van der Waals surface area contributed by atoms with Crippen LogP contribution in [0.4, 0.5) is 5.69 Å². The van der Waals surface area contributed by atoms with Crippen molar-refractivity contribution in [1.29, 1.82) is 0 Å². The summed E-state index contributed by atoms with van der Waals surface area (Å²) in [5, 5.41) is 6.00. The minimum Gasteiger partial charge on any atom is -0.340 e. The first kappa shape index (κ1) is 23.0. The molecule has 0 saturated carbocycles. The monoisotopic (exact) mass is 448 g/mol. The van der Waals surface area contributed by atoms with Crippen molar-refractivity contribution < 1.29 is 9.59 Å². The largest absolute Gasteiger partial charge is 0.340 e. The molecule has 4 rings (SSSR count). The second kappa shape index (κ2) is 11.1. The molecule has 0 spiro atoms. The Balaban J connectivity index is 1.54. The molecule has 170 valence electrons. The van der Waals surface area contributed by atoms with Gasteiger partial charge in [-0.15, -0.1) is 0 Å². The zero-order chi connectivity index (χ0) is 23.8. The quantitative estimate of drug-likeness (QED) is 0.370. The van der Waals surface area contributed by atoms with Crippen LogP contribution in [0.1, 0.15) is 32.6 Å². The SMILES string of the molecule is Cc1ccc(C(=O)NC(Cc2ccccc2)C(=O)Nc2ccccc2Cc2ccccc2)cc1. The molecule has 0 aromatic heterocycles. The van der Waals surface area contributed by atoms with E-state index in [4.69, 9.17) is 0 Å². The molecule has 1 unspecified atom stereocenters. The van der Waals surface area contributed by atoms with Gasteiger partial charge < -0.3 is 10.6 Å². The van der Waals surface area contributed by atoms with E-state index in [1.54, 1.807) is 12.1 Å². The number of carbonyl (C=O) groups excluding carboxylic acids is 2. The second-order valence-electron chi connectivity index (χ2n) is 8.39. The minimum atomic E-state index is -0.721. The highest BCUT2D eigenvalue weighted by atomic mass is 16.2. The van der Waals surface area contributed by atoms with Crippen molar-refractivity contribution in [1.82, 2.24) is 5.32 Å². The van der Waals surface area contributed by atoms with Crippen molar-refractivity contribution in [3.8, 4) is 0 Å². The summed E-state index contributed by atoms with van der Waals surface area (Å²) in [6.07, 6.45) is 1.10. The molecule has 34 heavy (non-hydrogen) atoms. The predicted molar refractivity (Wildman–Crippen MR) is 137 cm³/mol. The molecule has 0 saturated heterocycles. The maximum absolute atomic E-state index is 13.4. The van der Waals surface area contributed by atoms with Gasteiger partial charge in [0.25, 0.3) is 5.91 Å². The number of nitrogens with one attached hydrogen (secondary N) is 2. The highest BCUT2D eigenvalue weighted by molar-refractivity contribution is 6.01. The van der Waals surface area contributed by atoms with Gasteiger partial charge in [0, 0.05) is 17.7 Å².